The van der Waals surface area contributed by atoms with Crippen LogP contribution in [0.2, 0.25) is 0 Å². The molecule has 1 saturated carbocycles. The number of ether oxygens (including phenoxy) is 1. The summed E-state index contributed by atoms with van der Waals surface area (Å²) in [6.45, 7) is 2.05. The number of benzene rings is 1. The molecule has 0 aliphatic heterocycles. The Labute approximate surface area is 112 Å². The van der Waals surface area contributed by atoms with Gasteiger partial charge in [0.15, 0.2) is 5.16 Å². The molecule has 18 heavy (non-hydrogen) atoms. The molecule has 0 saturated heterocycles. The van der Waals surface area contributed by atoms with Gasteiger partial charge in [-0.2, -0.15) is 0 Å². The van der Waals surface area contributed by atoms with Gasteiger partial charge in [-0.05, 0) is 37.5 Å². The molecule has 0 spiro atoms. The van der Waals surface area contributed by atoms with E-state index in [1.807, 2.05) is 16.7 Å². The lowest BCUT2D eigenvalue weighted by molar-refractivity contribution is 0.413. The summed E-state index contributed by atoms with van der Waals surface area (Å²) in [4.78, 5) is 4.51. The van der Waals surface area contributed by atoms with Crippen molar-refractivity contribution in [3.8, 4) is 11.4 Å². The van der Waals surface area contributed by atoms with Gasteiger partial charge in [-0.3, -0.25) is 4.57 Å². The Morgan fingerprint density at radius 2 is 2.28 bits per heavy atom. The van der Waals surface area contributed by atoms with Crippen LogP contribution in [0.25, 0.3) is 5.69 Å². The van der Waals surface area contributed by atoms with Crippen LogP contribution in [0.15, 0.2) is 23.5 Å². The molecule has 1 aromatic heterocycles. The van der Waals surface area contributed by atoms with E-state index in [2.05, 4.69) is 36.8 Å². The predicted octanol–water partition coefficient (Wildman–Crippen LogP) is 3.16. The van der Waals surface area contributed by atoms with Crippen molar-refractivity contribution in [2.75, 3.05) is 7.11 Å². The Hall–Kier alpha value is -1.42. The van der Waals surface area contributed by atoms with Gasteiger partial charge >= 0.3 is 0 Å². The number of aryl methyl sites for hydroxylation is 1. The minimum atomic E-state index is 0.639. The minimum Gasteiger partial charge on any atom is -0.496 e. The Balaban J connectivity index is 2.03. The minimum absolute atomic E-state index is 0.639. The molecule has 3 rings (SSSR count). The quantitative estimate of drug-likeness (QED) is 0.857. The van der Waals surface area contributed by atoms with E-state index in [-0.39, 0.29) is 0 Å². The largest absolute Gasteiger partial charge is 0.496 e. The lowest BCUT2D eigenvalue weighted by atomic mass is 10.2. The SMILES string of the molecule is COc1[c]cc(-n2cc(C3CC3)nc2S)c(C)c1. The predicted molar refractivity (Wildman–Crippen MR) is 72.9 cm³/mol. The molecule has 0 N–H and O–H groups in total. The molecule has 0 atom stereocenters. The first-order valence-electron chi connectivity index (χ1n) is 6.04. The van der Waals surface area contributed by atoms with E-state index >= 15 is 0 Å². The summed E-state index contributed by atoms with van der Waals surface area (Å²) < 4.78 is 7.19. The smallest absolute Gasteiger partial charge is 0.169 e. The van der Waals surface area contributed by atoms with Gasteiger partial charge in [0.25, 0.3) is 0 Å². The average molecular weight is 259 g/mol. The van der Waals surface area contributed by atoms with E-state index in [9.17, 15) is 0 Å². The lowest BCUT2D eigenvalue weighted by Gasteiger charge is -2.09. The summed E-state index contributed by atoms with van der Waals surface area (Å²) in [5.41, 5.74) is 3.33. The molecule has 0 amide bonds. The summed E-state index contributed by atoms with van der Waals surface area (Å²) in [6.07, 6.45) is 4.58. The van der Waals surface area contributed by atoms with E-state index in [0.29, 0.717) is 5.92 Å². The van der Waals surface area contributed by atoms with E-state index in [4.69, 9.17) is 4.74 Å². The number of aromatic nitrogens is 2. The van der Waals surface area contributed by atoms with Crippen molar-refractivity contribution in [2.45, 2.75) is 30.8 Å². The number of rotatable bonds is 3. The lowest BCUT2D eigenvalue weighted by Crippen LogP contribution is -1.97. The van der Waals surface area contributed by atoms with E-state index in [1.165, 1.54) is 12.8 Å². The van der Waals surface area contributed by atoms with Crippen LogP contribution in [0.3, 0.4) is 0 Å². The van der Waals surface area contributed by atoms with Crippen molar-refractivity contribution in [3.05, 3.63) is 35.7 Å². The fraction of sp³-hybridized carbons (Fsp3) is 0.357. The topological polar surface area (TPSA) is 27.1 Å². The van der Waals surface area contributed by atoms with Crippen LogP contribution in [0.4, 0.5) is 0 Å². The summed E-state index contributed by atoms with van der Waals surface area (Å²) in [7, 11) is 1.65. The molecule has 0 unspecified atom stereocenters. The highest BCUT2D eigenvalue weighted by Gasteiger charge is 2.27. The fourth-order valence-corrected chi connectivity index (χ4v) is 2.37. The maximum atomic E-state index is 5.17. The van der Waals surface area contributed by atoms with Crippen molar-refractivity contribution >= 4 is 12.6 Å². The first-order chi connectivity index (χ1) is 8.69. The van der Waals surface area contributed by atoms with Crippen LogP contribution in [-0.4, -0.2) is 16.7 Å². The molecule has 4 heteroatoms. The average Bonchev–Trinajstić information content (AvgIpc) is 3.14. The molecule has 1 aliphatic carbocycles. The van der Waals surface area contributed by atoms with Crippen LogP contribution in [0, 0.1) is 13.0 Å². The third-order valence-electron chi connectivity index (χ3n) is 3.28. The molecule has 1 aromatic carbocycles. The van der Waals surface area contributed by atoms with Crippen LogP contribution in [0.1, 0.15) is 30.0 Å². The fourth-order valence-electron chi connectivity index (χ4n) is 2.08. The van der Waals surface area contributed by atoms with Crippen LogP contribution >= 0.6 is 12.6 Å². The Morgan fingerprint density at radius 3 is 2.89 bits per heavy atom. The first-order valence-corrected chi connectivity index (χ1v) is 6.48. The molecule has 2 aromatic rings. The number of thiol groups is 1. The maximum Gasteiger partial charge on any atom is 0.169 e. The standard InChI is InChI=1S/C14H15N2OS/c1-9-7-11(17-2)5-6-13(9)16-8-12(10-3-4-10)15-14(16)18/h6-8,10H,3-4H2,1-2H3,(H,15,18). The third-order valence-corrected chi connectivity index (χ3v) is 3.60. The second-order valence-electron chi connectivity index (χ2n) is 4.68. The molecule has 3 nitrogen and oxygen atoms in total. The third kappa shape index (κ3) is 2.01. The van der Waals surface area contributed by atoms with E-state index in [0.717, 1.165) is 27.9 Å². The summed E-state index contributed by atoms with van der Waals surface area (Å²) in [5, 5.41) is 0.735. The molecular weight excluding hydrogens is 244 g/mol. The van der Waals surface area contributed by atoms with Crippen molar-refractivity contribution in [3.63, 3.8) is 0 Å². The second-order valence-corrected chi connectivity index (χ2v) is 5.08. The zero-order chi connectivity index (χ0) is 12.7. The highest BCUT2D eigenvalue weighted by atomic mass is 32.1. The highest BCUT2D eigenvalue weighted by Crippen LogP contribution is 2.40. The van der Waals surface area contributed by atoms with Crippen molar-refractivity contribution in [1.82, 2.24) is 9.55 Å². The summed E-state index contributed by atoms with van der Waals surface area (Å²) in [5.74, 6) is 1.39. The van der Waals surface area contributed by atoms with Gasteiger partial charge in [-0.25, -0.2) is 4.98 Å². The Kier molecular flexibility index (Phi) is 2.82. The zero-order valence-electron chi connectivity index (χ0n) is 10.5. The second kappa shape index (κ2) is 4.35. The molecule has 1 aliphatic rings. The van der Waals surface area contributed by atoms with E-state index < -0.39 is 0 Å². The molecule has 1 heterocycles. The summed E-state index contributed by atoms with van der Waals surface area (Å²) >= 11 is 4.46. The van der Waals surface area contributed by atoms with Gasteiger partial charge in [-0.1, -0.05) is 0 Å². The number of hydrogen-bond donors (Lipinski definition) is 1. The van der Waals surface area contributed by atoms with Crippen LogP contribution in [0.5, 0.6) is 5.75 Å². The number of hydrogen-bond acceptors (Lipinski definition) is 3. The first kappa shape index (κ1) is 11.7. The van der Waals surface area contributed by atoms with Crippen molar-refractivity contribution < 1.29 is 4.74 Å². The van der Waals surface area contributed by atoms with E-state index in [1.54, 1.807) is 7.11 Å². The number of nitrogens with zero attached hydrogens (tertiary/aromatic N) is 2. The van der Waals surface area contributed by atoms with Crippen molar-refractivity contribution in [2.24, 2.45) is 0 Å². The highest BCUT2D eigenvalue weighted by molar-refractivity contribution is 7.80. The molecular formula is C14H15N2OS. The van der Waals surface area contributed by atoms with Gasteiger partial charge in [0.1, 0.15) is 5.75 Å². The Bertz CT molecular complexity index is 587. The van der Waals surface area contributed by atoms with Gasteiger partial charge in [0.2, 0.25) is 0 Å². The van der Waals surface area contributed by atoms with Gasteiger partial charge in [0.05, 0.1) is 18.5 Å². The van der Waals surface area contributed by atoms with Crippen molar-refractivity contribution in [1.29, 1.82) is 0 Å². The van der Waals surface area contributed by atoms with Gasteiger partial charge in [0, 0.05) is 18.2 Å². The number of methoxy groups -OCH3 is 1. The maximum absolute atomic E-state index is 5.17. The zero-order valence-corrected chi connectivity index (χ0v) is 11.4. The Morgan fingerprint density at radius 1 is 1.50 bits per heavy atom. The van der Waals surface area contributed by atoms with Gasteiger partial charge < -0.3 is 4.74 Å². The molecule has 1 fully saturated rings. The molecule has 0 bridgehead atoms. The molecule has 93 valence electrons. The van der Waals surface area contributed by atoms with Crippen LogP contribution in [-0.2, 0) is 0 Å². The van der Waals surface area contributed by atoms with Gasteiger partial charge in [-0.15, -0.1) is 12.6 Å². The molecule has 1 radical (unpaired) electrons. The monoisotopic (exact) mass is 259 g/mol. The van der Waals surface area contributed by atoms with Crippen LogP contribution < -0.4 is 4.74 Å². The normalized spacial score (nSPS) is 14.8. The summed E-state index contributed by atoms with van der Waals surface area (Å²) in [6, 6.07) is 7.00. The number of imidazole rings is 1.